The minimum atomic E-state index is -0.351. The lowest BCUT2D eigenvalue weighted by atomic mass is 10.2. The average molecular weight is 339 g/mol. The van der Waals surface area contributed by atoms with Crippen LogP contribution in [0.15, 0.2) is 48.5 Å². The Morgan fingerprint density at radius 2 is 2.04 bits per heavy atom. The van der Waals surface area contributed by atoms with E-state index in [-0.39, 0.29) is 11.0 Å². The summed E-state index contributed by atoms with van der Waals surface area (Å²) in [4.78, 5) is 12.4. The van der Waals surface area contributed by atoms with Gasteiger partial charge in [0.05, 0.1) is 23.8 Å². The van der Waals surface area contributed by atoms with Crippen molar-refractivity contribution in [3.05, 3.63) is 59.7 Å². The Labute approximate surface area is 146 Å². The highest BCUT2D eigenvalue weighted by Crippen LogP contribution is 2.18. The molecule has 0 aliphatic heterocycles. The molecular formula is C18H17N3O2S. The van der Waals surface area contributed by atoms with Gasteiger partial charge in [0.2, 0.25) is 0 Å². The van der Waals surface area contributed by atoms with Gasteiger partial charge in [0, 0.05) is 5.69 Å². The molecule has 0 bridgehead atoms. The highest BCUT2D eigenvalue weighted by Gasteiger charge is 2.13. The number of ether oxygens (including phenoxy) is 1. The van der Waals surface area contributed by atoms with Crippen molar-refractivity contribution >= 4 is 28.9 Å². The van der Waals surface area contributed by atoms with Crippen LogP contribution in [0.4, 0.5) is 5.69 Å². The minimum Gasteiger partial charge on any atom is -0.493 e. The Bertz CT molecular complexity index is 784. The summed E-state index contributed by atoms with van der Waals surface area (Å²) in [5.41, 5.74) is 1.56. The number of hydrogen-bond acceptors (Lipinski definition) is 4. The van der Waals surface area contributed by atoms with Gasteiger partial charge < -0.3 is 10.1 Å². The molecule has 6 heteroatoms. The summed E-state index contributed by atoms with van der Waals surface area (Å²) in [6.45, 7) is 2.53. The van der Waals surface area contributed by atoms with Crippen LogP contribution in [-0.4, -0.2) is 17.6 Å². The van der Waals surface area contributed by atoms with Crippen LogP contribution in [0.2, 0.25) is 0 Å². The molecule has 0 heterocycles. The third-order valence-corrected chi connectivity index (χ3v) is 3.27. The molecule has 0 unspecified atom stereocenters. The van der Waals surface area contributed by atoms with Crippen molar-refractivity contribution in [2.24, 2.45) is 0 Å². The summed E-state index contributed by atoms with van der Waals surface area (Å²) in [5, 5.41) is 14.6. The van der Waals surface area contributed by atoms with Gasteiger partial charge in [-0.2, -0.15) is 5.26 Å². The van der Waals surface area contributed by atoms with E-state index >= 15 is 0 Å². The molecule has 0 saturated carbocycles. The number of carbonyl (C=O) groups is 1. The zero-order valence-corrected chi connectivity index (χ0v) is 14.0. The van der Waals surface area contributed by atoms with Crippen LogP contribution in [0, 0.1) is 11.3 Å². The van der Waals surface area contributed by atoms with Gasteiger partial charge in [-0.3, -0.25) is 10.1 Å². The zero-order valence-electron chi connectivity index (χ0n) is 13.2. The Morgan fingerprint density at radius 1 is 1.25 bits per heavy atom. The van der Waals surface area contributed by atoms with Crippen molar-refractivity contribution in [3.8, 4) is 11.8 Å². The van der Waals surface area contributed by atoms with Gasteiger partial charge in [0.25, 0.3) is 5.91 Å². The Morgan fingerprint density at radius 3 is 2.79 bits per heavy atom. The van der Waals surface area contributed by atoms with Crippen LogP contribution in [-0.2, 0) is 0 Å². The van der Waals surface area contributed by atoms with Gasteiger partial charge in [0.1, 0.15) is 5.75 Å². The molecule has 24 heavy (non-hydrogen) atoms. The molecule has 0 spiro atoms. The van der Waals surface area contributed by atoms with Crippen molar-refractivity contribution < 1.29 is 9.53 Å². The van der Waals surface area contributed by atoms with Crippen LogP contribution in [0.25, 0.3) is 0 Å². The van der Waals surface area contributed by atoms with Gasteiger partial charge in [-0.1, -0.05) is 25.1 Å². The molecule has 1 amide bonds. The number of amides is 1. The number of hydrogen-bond donors (Lipinski definition) is 2. The minimum absolute atomic E-state index is 0.153. The Hall–Kier alpha value is -2.91. The van der Waals surface area contributed by atoms with Crippen LogP contribution >= 0.6 is 12.2 Å². The van der Waals surface area contributed by atoms with E-state index in [1.165, 1.54) is 0 Å². The second-order valence-electron chi connectivity index (χ2n) is 4.95. The topological polar surface area (TPSA) is 74.2 Å². The van der Waals surface area contributed by atoms with Crippen LogP contribution < -0.4 is 15.4 Å². The van der Waals surface area contributed by atoms with Crippen LogP contribution in [0.5, 0.6) is 5.75 Å². The standard InChI is InChI=1S/C18H17N3O2S/c1-2-10-23-16-9-4-3-8-15(16)17(22)21-18(24)20-14-7-5-6-13(11-14)12-19/h3-9,11H,2,10H2,1H3,(H2,20,21,22,24). The van der Waals surface area contributed by atoms with E-state index in [0.29, 0.717) is 29.2 Å². The lowest BCUT2D eigenvalue weighted by molar-refractivity contribution is 0.0973. The summed E-state index contributed by atoms with van der Waals surface area (Å²) >= 11 is 5.16. The largest absolute Gasteiger partial charge is 0.493 e. The summed E-state index contributed by atoms with van der Waals surface area (Å²) in [7, 11) is 0. The number of para-hydroxylation sites is 1. The van der Waals surface area contributed by atoms with Gasteiger partial charge in [-0.05, 0) is 49.0 Å². The quantitative estimate of drug-likeness (QED) is 0.816. The number of nitriles is 1. The molecule has 0 radical (unpaired) electrons. The van der Waals surface area contributed by atoms with E-state index < -0.39 is 0 Å². The predicted molar refractivity (Wildman–Crippen MR) is 97.1 cm³/mol. The third-order valence-electron chi connectivity index (χ3n) is 3.07. The number of rotatable bonds is 5. The molecular weight excluding hydrogens is 322 g/mol. The number of carbonyl (C=O) groups excluding carboxylic acids is 1. The molecule has 0 aliphatic rings. The van der Waals surface area contributed by atoms with E-state index in [1.54, 1.807) is 42.5 Å². The number of nitrogens with zero attached hydrogens (tertiary/aromatic N) is 1. The molecule has 122 valence electrons. The normalized spacial score (nSPS) is 9.67. The van der Waals surface area contributed by atoms with Gasteiger partial charge in [-0.15, -0.1) is 0 Å². The number of thiocarbonyl (C=S) groups is 1. The lowest BCUT2D eigenvalue weighted by Gasteiger charge is -2.12. The predicted octanol–water partition coefficient (Wildman–Crippen LogP) is 3.47. The monoisotopic (exact) mass is 339 g/mol. The zero-order chi connectivity index (χ0) is 17.4. The fourth-order valence-corrected chi connectivity index (χ4v) is 2.20. The van der Waals surface area contributed by atoms with E-state index in [2.05, 4.69) is 10.6 Å². The molecule has 0 fully saturated rings. The maximum atomic E-state index is 12.4. The molecule has 2 N–H and O–H groups in total. The summed E-state index contributed by atoms with van der Waals surface area (Å²) in [6, 6.07) is 15.9. The highest BCUT2D eigenvalue weighted by molar-refractivity contribution is 7.80. The fraction of sp³-hybridized carbons (Fsp3) is 0.167. The summed E-state index contributed by atoms with van der Waals surface area (Å²) in [6.07, 6.45) is 0.852. The third kappa shape index (κ3) is 4.80. The molecule has 0 atom stereocenters. The molecule has 5 nitrogen and oxygen atoms in total. The number of anilines is 1. The second-order valence-corrected chi connectivity index (χ2v) is 5.35. The van der Waals surface area contributed by atoms with Gasteiger partial charge in [0.15, 0.2) is 5.11 Å². The molecule has 2 aromatic rings. The number of benzene rings is 2. The summed E-state index contributed by atoms with van der Waals surface area (Å²) in [5.74, 6) is 0.168. The van der Waals surface area contributed by atoms with Crippen LogP contribution in [0.3, 0.4) is 0 Å². The van der Waals surface area contributed by atoms with E-state index in [1.807, 2.05) is 19.1 Å². The van der Waals surface area contributed by atoms with Crippen molar-refractivity contribution in [1.82, 2.24) is 5.32 Å². The van der Waals surface area contributed by atoms with Crippen molar-refractivity contribution in [2.75, 3.05) is 11.9 Å². The first-order valence-corrected chi connectivity index (χ1v) is 7.89. The smallest absolute Gasteiger partial charge is 0.261 e. The first-order chi connectivity index (χ1) is 11.6. The Kier molecular flexibility index (Phi) is 6.29. The molecule has 0 saturated heterocycles. The fourth-order valence-electron chi connectivity index (χ4n) is 1.99. The average Bonchev–Trinajstić information content (AvgIpc) is 2.60. The maximum Gasteiger partial charge on any atom is 0.261 e. The first-order valence-electron chi connectivity index (χ1n) is 7.48. The second kappa shape index (κ2) is 8.65. The van der Waals surface area contributed by atoms with Crippen molar-refractivity contribution in [1.29, 1.82) is 5.26 Å². The highest BCUT2D eigenvalue weighted by atomic mass is 32.1. The summed E-state index contributed by atoms with van der Waals surface area (Å²) < 4.78 is 5.58. The van der Waals surface area contributed by atoms with Gasteiger partial charge in [-0.25, -0.2) is 0 Å². The van der Waals surface area contributed by atoms with E-state index in [0.717, 1.165) is 6.42 Å². The molecule has 0 aliphatic carbocycles. The van der Waals surface area contributed by atoms with Gasteiger partial charge >= 0.3 is 0 Å². The van der Waals surface area contributed by atoms with Crippen molar-refractivity contribution in [2.45, 2.75) is 13.3 Å². The lowest BCUT2D eigenvalue weighted by Crippen LogP contribution is -2.34. The van der Waals surface area contributed by atoms with E-state index in [4.69, 9.17) is 22.2 Å². The molecule has 2 rings (SSSR count). The van der Waals surface area contributed by atoms with Crippen LogP contribution in [0.1, 0.15) is 29.3 Å². The van der Waals surface area contributed by atoms with Crippen molar-refractivity contribution in [3.63, 3.8) is 0 Å². The molecule has 0 aromatic heterocycles. The maximum absolute atomic E-state index is 12.4. The first kappa shape index (κ1) is 17.4. The SMILES string of the molecule is CCCOc1ccccc1C(=O)NC(=S)Nc1cccc(C#N)c1. The Balaban J connectivity index is 2.04. The number of nitrogens with one attached hydrogen (secondary N) is 2. The molecule has 2 aromatic carbocycles. The van der Waals surface area contributed by atoms with E-state index in [9.17, 15) is 4.79 Å².